The molecule has 6 nitrogen and oxygen atoms in total. The van der Waals surface area contributed by atoms with Crippen LogP contribution in [0, 0.1) is 24.2 Å². The topological polar surface area (TPSA) is 92.4 Å². The highest BCUT2D eigenvalue weighted by atomic mass is 19.4. The van der Waals surface area contributed by atoms with Crippen molar-refractivity contribution in [1.82, 2.24) is 5.16 Å². The molecular weight excluding hydrogens is 449 g/mol. The number of aromatic nitrogens is 1. The molecule has 2 aromatic carbocycles. The van der Waals surface area contributed by atoms with Gasteiger partial charge in [0.1, 0.15) is 0 Å². The Morgan fingerprint density at radius 3 is 2.32 bits per heavy atom. The molecule has 0 radical (unpaired) electrons. The van der Waals surface area contributed by atoms with Crippen molar-refractivity contribution in [2.24, 2.45) is 5.41 Å². The van der Waals surface area contributed by atoms with Gasteiger partial charge in [-0.3, -0.25) is 4.79 Å². The number of carbonyl (C=O) groups excluding carboxylic acids is 1. The second-order valence-corrected chi connectivity index (χ2v) is 9.19. The molecule has 1 amide bonds. The third-order valence-electron chi connectivity index (χ3n) is 4.94. The highest BCUT2D eigenvalue weighted by Gasteiger charge is 2.38. The number of carbonyl (C=O) groups is 1. The molecule has 0 saturated heterocycles. The lowest BCUT2D eigenvalue weighted by Crippen LogP contribution is -2.44. The van der Waals surface area contributed by atoms with Crippen LogP contribution in [0.15, 0.2) is 51.8 Å². The molecule has 0 spiro atoms. The number of amides is 1. The van der Waals surface area contributed by atoms with E-state index in [1.165, 1.54) is 30.3 Å². The Hall–Kier alpha value is -3.64. The standard InChI is InChI=1S/C25H23F3N2O4/c1-15-20-13-18(9-10-19(20)21(31)34-30-15)29-22(32)24(33,14-23(2,3)4)12-11-16-5-7-17(8-6-16)25(26,27)28/h5-10,13,33H,14H2,1-4H3,(H,29,32). The second kappa shape index (κ2) is 8.95. The summed E-state index contributed by atoms with van der Waals surface area (Å²) in [6.07, 6.45) is -4.52. The molecule has 1 aromatic heterocycles. The summed E-state index contributed by atoms with van der Waals surface area (Å²) < 4.78 is 43.0. The van der Waals surface area contributed by atoms with Gasteiger partial charge in [-0.15, -0.1) is 0 Å². The number of rotatable bonds is 3. The lowest BCUT2D eigenvalue weighted by molar-refractivity contribution is -0.137. The highest BCUT2D eigenvalue weighted by Crippen LogP contribution is 2.30. The molecule has 1 heterocycles. The quantitative estimate of drug-likeness (QED) is 0.541. The summed E-state index contributed by atoms with van der Waals surface area (Å²) in [4.78, 5) is 24.9. The van der Waals surface area contributed by atoms with Crippen LogP contribution < -0.4 is 10.9 Å². The van der Waals surface area contributed by atoms with Gasteiger partial charge in [-0.25, -0.2) is 4.79 Å². The van der Waals surface area contributed by atoms with Crippen molar-refractivity contribution in [3.05, 3.63) is 69.7 Å². The van der Waals surface area contributed by atoms with Crippen LogP contribution in [0.3, 0.4) is 0 Å². The summed E-state index contributed by atoms with van der Waals surface area (Å²) >= 11 is 0. The number of hydrogen-bond donors (Lipinski definition) is 2. The third-order valence-corrected chi connectivity index (χ3v) is 4.94. The molecule has 0 saturated carbocycles. The molecular formula is C25H23F3N2O4. The zero-order valence-corrected chi connectivity index (χ0v) is 19.0. The van der Waals surface area contributed by atoms with Gasteiger partial charge in [0.2, 0.25) is 5.60 Å². The van der Waals surface area contributed by atoms with Crippen LogP contribution in [0.2, 0.25) is 0 Å². The minimum Gasteiger partial charge on any atom is -0.369 e. The van der Waals surface area contributed by atoms with E-state index in [9.17, 15) is 27.9 Å². The van der Waals surface area contributed by atoms with Crippen molar-refractivity contribution in [1.29, 1.82) is 0 Å². The van der Waals surface area contributed by atoms with E-state index in [2.05, 4.69) is 26.8 Å². The van der Waals surface area contributed by atoms with E-state index in [-0.39, 0.29) is 17.4 Å². The summed E-state index contributed by atoms with van der Waals surface area (Å²) in [6, 6.07) is 8.61. The minimum absolute atomic E-state index is 0.0444. The summed E-state index contributed by atoms with van der Waals surface area (Å²) in [5, 5.41) is 18.2. The Morgan fingerprint density at radius 2 is 1.74 bits per heavy atom. The normalized spacial score (nSPS) is 13.6. The van der Waals surface area contributed by atoms with Gasteiger partial charge >= 0.3 is 11.8 Å². The molecule has 34 heavy (non-hydrogen) atoms. The van der Waals surface area contributed by atoms with Crippen molar-refractivity contribution >= 4 is 22.4 Å². The Kier molecular flexibility index (Phi) is 6.58. The average molecular weight is 472 g/mol. The van der Waals surface area contributed by atoms with E-state index in [1.807, 2.05) is 20.8 Å². The summed E-state index contributed by atoms with van der Waals surface area (Å²) in [5.41, 5.74) is -3.13. The molecule has 0 bridgehead atoms. The molecule has 0 aliphatic carbocycles. The van der Waals surface area contributed by atoms with Crippen LogP contribution in [-0.4, -0.2) is 21.8 Å². The number of nitrogens with zero attached hydrogens (tertiary/aromatic N) is 1. The average Bonchev–Trinajstić information content (AvgIpc) is 2.73. The SMILES string of the molecule is Cc1noc(=O)c2ccc(NC(=O)C(O)(C#Cc3ccc(C(F)(F)F)cc3)CC(C)(C)C)cc12. The zero-order valence-electron chi connectivity index (χ0n) is 19.0. The maximum atomic E-state index is 13.1. The molecule has 9 heteroatoms. The first-order chi connectivity index (χ1) is 15.7. The van der Waals surface area contributed by atoms with Crippen LogP contribution in [0.25, 0.3) is 10.8 Å². The van der Waals surface area contributed by atoms with E-state index >= 15 is 0 Å². The third kappa shape index (κ3) is 5.83. The van der Waals surface area contributed by atoms with Crippen molar-refractivity contribution < 1.29 is 27.6 Å². The minimum atomic E-state index is -4.48. The number of fused-ring (bicyclic) bond motifs is 1. The lowest BCUT2D eigenvalue weighted by Gasteiger charge is -2.29. The number of benzene rings is 2. The fourth-order valence-electron chi connectivity index (χ4n) is 3.41. The van der Waals surface area contributed by atoms with Crippen molar-refractivity contribution in [3.8, 4) is 11.8 Å². The second-order valence-electron chi connectivity index (χ2n) is 9.19. The Bertz CT molecular complexity index is 1340. The van der Waals surface area contributed by atoms with Gasteiger partial charge in [0.05, 0.1) is 16.6 Å². The van der Waals surface area contributed by atoms with E-state index in [1.54, 1.807) is 6.92 Å². The van der Waals surface area contributed by atoms with Crippen molar-refractivity contribution in [2.45, 2.75) is 45.9 Å². The number of alkyl halides is 3. The molecule has 1 unspecified atom stereocenters. The number of aliphatic hydroxyl groups is 1. The van der Waals surface area contributed by atoms with E-state index in [4.69, 9.17) is 0 Å². The molecule has 3 rings (SSSR count). The molecule has 0 aliphatic rings. The first kappa shape index (κ1) is 25.0. The molecule has 0 fully saturated rings. The number of hydrogen-bond acceptors (Lipinski definition) is 5. The molecule has 178 valence electrons. The van der Waals surface area contributed by atoms with Gasteiger partial charge in [0.25, 0.3) is 5.91 Å². The van der Waals surface area contributed by atoms with Crippen LogP contribution in [-0.2, 0) is 11.0 Å². The largest absolute Gasteiger partial charge is 0.416 e. The fourth-order valence-corrected chi connectivity index (χ4v) is 3.41. The van der Waals surface area contributed by atoms with E-state index < -0.39 is 34.3 Å². The van der Waals surface area contributed by atoms with Gasteiger partial charge in [0.15, 0.2) is 0 Å². The first-order valence-corrected chi connectivity index (χ1v) is 10.3. The smallest absolute Gasteiger partial charge is 0.369 e. The predicted molar refractivity (Wildman–Crippen MR) is 121 cm³/mol. The summed E-state index contributed by atoms with van der Waals surface area (Å²) in [7, 11) is 0. The number of nitrogens with one attached hydrogen (secondary N) is 1. The molecule has 0 aliphatic heterocycles. The lowest BCUT2D eigenvalue weighted by atomic mass is 9.81. The van der Waals surface area contributed by atoms with Gasteiger partial charge in [-0.2, -0.15) is 13.2 Å². The monoisotopic (exact) mass is 472 g/mol. The Balaban J connectivity index is 1.94. The number of aryl methyl sites for hydroxylation is 1. The van der Waals surface area contributed by atoms with E-state index in [0.29, 0.717) is 16.8 Å². The van der Waals surface area contributed by atoms with Gasteiger partial charge in [-0.05, 0) is 54.8 Å². The van der Waals surface area contributed by atoms with Crippen molar-refractivity contribution in [2.75, 3.05) is 5.32 Å². The maximum Gasteiger partial charge on any atom is 0.416 e. The number of anilines is 1. The van der Waals surface area contributed by atoms with E-state index in [0.717, 1.165) is 12.1 Å². The first-order valence-electron chi connectivity index (χ1n) is 10.3. The zero-order chi connectivity index (χ0) is 25.3. The van der Waals surface area contributed by atoms with Crippen molar-refractivity contribution in [3.63, 3.8) is 0 Å². The fraction of sp³-hybridized carbons (Fsp3) is 0.320. The Morgan fingerprint density at radius 1 is 1.09 bits per heavy atom. The Labute approximate surface area is 193 Å². The highest BCUT2D eigenvalue weighted by molar-refractivity contribution is 6.01. The van der Waals surface area contributed by atoms with Crippen LogP contribution in [0.5, 0.6) is 0 Å². The molecule has 2 N–H and O–H groups in total. The van der Waals surface area contributed by atoms with Gasteiger partial charge in [-0.1, -0.05) is 37.8 Å². The number of halogens is 3. The van der Waals surface area contributed by atoms with Crippen LogP contribution in [0.1, 0.15) is 44.0 Å². The van der Waals surface area contributed by atoms with Gasteiger partial charge in [0, 0.05) is 23.1 Å². The maximum absolute atomic E-state index is 13.1. The van der Waals surface area contributed by atoms with Crippen LogP contribution >= 0.6 is 0 Å². The van der Waals surface area contributed by atoms with Crippen LogP contribution in [0.4, 0.5) is 18.9 Å². The molecule has 1 atom stereocenters. The predicted octanol–water partition coefficient (Wildman–Crippen LogP) is 4.67. The molecule has 3 aromatic rings. The van der Waals surface area contributed by atoms with Gasteiger partial charge < -0.3 is 14.9 Å². The summed E-state index contributed by atoms with van der Waals surface area (Å²) in [5.74, 6) is 4.34. The summed E-state index contributed by atoms with van der Waals surface area (Å²) in [6.45, 7) is 7.09.